The Morgan fingerprint density at radius 1 is 1.50 bits per heavy atom. The molecule has 7 heteroatoms. The van der Waals surface area contributed by atoms with Crippen LogP contribution in [-0.2, 0) is 10.0 Å². The number of nitrogens with two attached hydrogens (primary N) is 1. The van der Waals surface area contributed by atoms with Gasteiger partial charge in [-0.15, -0.1) is 0 Å². The standard InChI is InChI=1S/C11H16FN3O2S/c1-8(7-11(13)14)15(2)18(16,17)10-6-4-3-5-9(10)12/h3-6,8H,7H2,1-2H3,(H3,13,14). The molecule has 5 nitrogen and oxygen atoms in total. The summed E-state index contributed by atoms with van der Waals surface area (Å²) in [6.45, 7) is 1.61. The zero-order valence-electron chi connectivity index (χ0n) is 10.2. The number of sulfonamides is 1. The molecule has 0 aliphatic rings. The lowest BCUT2D eigenvalue weighted by Gasteiger charge is -2.24. The lowest BCUT2D eigenvalue weighted by molar-refractivity contribution is 0.393. The highest BCUT2D eigenvalue weighted by Crippen LogP contribution is 2.20. The summed E-state index contributed by atoms with van der Waals surface area (Å²) in [6.07, 6.45) is 0.101. The molecule has 0 bridgehead atoms. The molecule has 1 atom stereocenters. The topological polar surface area (TPSA) is 87.2 Å². The van der Waals surface area contributed by atoms with Crippen LogP contribution in [0.3, 0.4) is 0 Å². The maximum atomic E-state index is 13.5. The van der Waals surface area contributed by atoms with Crippen molar-refractivity contribution in [3.63, 3.8) is 0 Å². The maximum absolute atomic E-state index is 13.5. The van der Waals surface area contributed by atoms with Crippen molar-refractivity contribution in [1.29, 1.82) is 5.41 Å². The molecule has 0 aromatic heterocycles. The van der Waals surface area contributed by atoms with E-state index in [1.54, 1.807) is 6.92 Å². The molecular weight excluding hydrogens is 257 g/mol. The molecule has 0 spiro atoms. The van der Waals surface area contributed by atoms with Gasteiger partial charge < -0.3 is 5.73 Å². The molecule has 1 rings (SSSR count). The normalized spacial score (nSPS) is 13.6. The van der Waals surface area contributed by atoms with E-state index in [9.17, 15) is 12.8 Å². The van der Waals surface area contributed by atoms with Crippen LogP contribution in [0.5, 0.6) is 0 Å². The van der Waals surface area contributed by atoms with Crippen LogP contribution in [0.2, 0.25) is 0 Å². The average molecular weight is 273 g/mol. The lowest BCUT2D eigenvalue weighted by Crippen LogP contribution is -2.37. The van der Waals surface area contributed by atoms with Crippen LogP contribution < -0.4 is 5.73 Å². The fourth-order valence-corrected chi connectivity index (χ4v) is 2.92. The van der Waals surface area contributed by atoms with Crippen LogP contribution in [0.1, 0.15) is 13.3 Å². The highest BCUT2D eigenvalue weighted by atomic mass is 32.2. The zero-order chi connectivity index (χ0) is 13.9. The summed E-state index contributed by atoms with van der Waals surface area (Å²) in [5.41, 5.74) is 5.23. The van der Waals surface area contributed by atoms with Crippen LogP contribution in [0.15, 0.2) is 29.2 Å². The average Bonchev–Trinajstić information content (AvgIpc) is 2.27. The van der Waals surface area contributed by atoms with Gasteiger partial charge in [-0.2, -0.15) is 4.31 Å². The van der Waals surface area contributed by atoms with Gasteiger partial charge in [0.1, 0.15) is 10.7 Å². The van der Waals surface area contributed by atoms with Crippen LogP contribution in [0.4, 0.5) is 4.39 Å². The number of hydrogen-bond acceptors (Lipinski definition) is 3. The van der Waals surface area contributed by atoms with Crippen molar-refractivity contribution in [1.82, 2.24) is 4.31 Å². The fourth-order valence-electron chi connectivity index (χ4n) is 1.49. The van der Waals surface area contributed by atoms with Crippen molar-refractivity contribution in [2.75, 3.05) is 7.05 Å². The van der Waals surface area contributed by atoms with E-state index < -0.39 is 21.9 Å². The third-order valence-electron chi connectivity index (χ3n) is 2.63. The summed E-state index contributed by atoms with van der Waals surface area (Å²) in [7, 11) is -2.57. The minimum absolute atomic E-state index is 0.101. The zero-order valence-corrected chi connectivity index (χ0v) is 11.0. The van der Waals surface area contributed by atoms with Crippen LogP contribution in [0.25, 0.3) is 0 Å². The van der Waals surface area contributed by atoms with E-state index in [0.717, 1.165) is 10.4 Å². The van der Waals surface area contributed by atoms with Crippen molar-refractivity contribution < 1.29 is 12.8 Å². The first kappa shape index (κ1) is 14.6. The number of nitrogens with zero attached hydrogens (tertiary/aromatic N) is 1. The summed E-state index contributed by atoms with van der Waals surface area (Å²) in [5, 5.41) is 7.15. The Bertz CT molecular complexity index is 545. The highest BCUT2D eigenvalue weighted by Gasteiger charge is 2.27. The molecular formula is C11H16FN3O2S. The molecule has 18 heavy (non-hydrogen) atoms. The highest BCUT2D eigenvalue weighted by molar-refractivity contribution is 7.89. The van der Waals surface area contributed by atoms with E-state index in [1.165, 1.54) is 25.2 Å². The van der Waals surface area contributed by atoms with Crippen molar-refractivity contribution >= 4 is 15.9 Å². The molecule has 1 aromatic rings. The third-order valence-corrected chi connectivity index (χ3v) is 4.63. The molecule has 100 valence electrons. The number of amidine groups is 1. The van der Waals surface area contributed by atoms with Crippen LogP contribution >= 0.6 is 0 Å². The number of benzene rings is 1. The van der Waals surface area contributed by atoms with Crippen molar-refractivity contribution in [2.45, 2.75) is 24.3 Å². The second-order valence-electron chi connectivity index (χ2n) is 4.03. The Kier molecular flexibility index (Phi) is 4.42. The molecule has 0 aliphatic carbocycles. The lowest BCUT2D eigenvalue weighted by atomic mass is 10.2. The monoisotopic (exact) mass is 273 g/mol. The van der Waals surface area contributed by atoms with Gasteiger partial charge >= 0.3 is 0 Å². The first-order chi connectivity index (χ1) is 8.26. The van der Waals surface area contributed by atoms with Gasteiger partial charge in [-0.1, -0.05) is 12.1 Å². The maximum Gasteiger partial charge on any atom is 0.245 e. The van der Waals surface area contributed by atoms with E-state index in [4.69, 9.17) is 11.1 Å². The van der Waals surface area contributed by atoms with E-state index in [1.807, 2.05) is 0 Å². The Morgan fingerprint density at radius 2 is 2.06 bits per heavy atom. The Labute approximate surface area is 106 Å². The van der Waals surface area contributed by atoms with Crippen LogP contribution in [0, 0.1) is 11.2 Å². The van der Waals surface area contributed by atoms with Gasteiger partial charge in [-0.05, 0) is 19.1 Å². The van der Waals surface area contributed by atoms with Gasteiger partial charge in [0.25, 0.3) is 0 Å². The number of nitrogens with one attached hydrogen (secondary N) is 1. The summed E-state index contributed by atoms with van der Waals surface area (Å²) in [5.74, 6) is -0.905. The molecule has 1 aromatic carbocycles. The van der Waals surface area contributed by atoms with Gasteiger partial charge in [-0.25, -0.2) is 12.8 Å². The van der Waals surface area contributed by atoms with Crippen molar-refractivity contribution in [2.24, 2.45) is 5.73 Å². The molecule has 0 saturated heterocycles. The van der Waals surface area contributed by atoms with Gasteiger partial charge in [-0.3, -0.25) is 5.41 Å². The molecule has 0 saturated carbocycles. The molecule has 0 fully saturated rings. The first-order valence-electron chi connectivity index (χ1n) is 5.32. The number of halogens is 1. The van der Waals surface area contributed by atoms with Gasteiger partial charge in [0.05, 0.1) is 5.84 Å². The third kappa shape index (κ3) is 3.05. The molecule has 0 radical (unpaired) electrons. The largest absolute Gasteiger partial charge is 0.388 e. The molecule has 0 aliphatic heterocycles. The van der Waals surface area contributed by atoms with Crippen LogP contribution in [-0.4, -0.2) is 31.6 Å². The predicted molar refractivity (Wildman–Crippen MR) is 67.3 cm³/mol. The minimum atomic E-state index is -3.91. The Morgan fingerprint density at radius 3 is 2.56 bits per heavy atom. The summed E-state index contributed by atoms with van der Waals surface area (Å²) in [4.78, 5) is -0.372. The smallest absolute Gasteiger partial charge is 0.245 e. The quantitative estimate of drug-likeness (QED) is 0.623. The number of hydrogen-bond donors (Lipinski definition) is 2. The first-order valence-corrected chi connectivity index (χ1v) is 6.76. The SMILES string of the molecule is CC(CC(=N)N)N(C)S(=O)(=O)c1ccccc1F. The fraction of sp³-hybridized carbons (Fsp3) is 0.364. The second-order valence-corrected chi connectivity index (χ2v) is 6.00. The van der Waals surface area contributed by atoms with E-state index >= 15 is 0 Å². The summed E-state index contributed by atoms with van der Waals surface area (Å²) < 4.78 is 38.8. The second kappa shape index (κ2) is 5.45. The van der Waals surface area contributed by atoms with E-state index in [-0.39, 0.29) is 17.2 Å². The van der Waals surface area contributed by atoms with E-state index in [0.29, 0.717) is 0 Å². The molecule has 1 unspecified atom stereocenters. The summed E-state index contributed by atoms with van der Waals surface area (Å²) >= 11 is 0. The minimum Gasteiger partial charge on any atom is -0.388 e. The molecule has 0 amide bonds. The van der Waals surface area contributed by atoms with Gasteiger partial charge in [0, 0.05) is 19.5 Å². The molecule has 3 N–H and O–H groups in total. The van der Waals surface area contributed by atoms with Crippen molar-refractivity contribution in [3.8, 4) is 0 Å². The van der Waals surface area contributed by atoms with Gasteiger partial charge in [0.15, 0.2) is 0 Å². The van der Waals surface area contributed by atoms with Gasteiger partial charge in [0.2, 0.25) is 10.0 Å². The van der Waals surface area contributed by atoms with E-state index in [2.05, 4.69) is 0 Å². The number of rotatable bonds is 5. The Hall–Kier alpha value is -1.47. The van der Waals surface area contributed by atoms with Crippen molar-refractivity contribution in [3.05, 3.63) is 30.1 Å². The Balaban J connectivity index is 3.08. The summed E-state index contributed by atoms with van der Waals surface area (Å²) in [6, 6.07) is 4.68. The molecule has 0 heterocycles. The predicted octanol–water partition coefficient (Wildman–Crippen LogP) is 1.16.